The van der Waals surface area contributed by atoms with E-state index in [2.05, 4.69) is 5.32 Å². The molecule has 0 saturated heterocycles. The highest BCUT2D eigenvalue weighted by molar-refractivity contribution is 5.85. The number of ether oxygens (including phenoxy) is 2. The Morgan fingerprint density at radius 3 is 2.79 bits per heavy atom. The van der Waals surface area contributed by atoms with Crippen LogP contribution in [-0.4, -0.2) is 18.7 Å². The summed E-state index contributed by atoms with van der Waals surface area (Å²) in [5.74, 6) is 1.32. The quantitative estimate of drug-likeness (QED) is 0.884. The molecule has 0 fully saturated rings. The van der Waals surface area contributed by atoms with Crippen LogP contribution in [0.25, 0.3) is 0 Å². The van der Waals surface area contributed by atoms with E-state index in [-0.39, 0.29) is 31.1 Å². The molecule has 2 atom stereocenters. The van der Waals surface area contributed by atoms with Gasteiger partial charge in [-0.2, -0.15) is 0 Å². The molecule has 5 nitrogen and oxygen atoms in total. The molecule has 1 aliphatic heterocycles. The summed E-state index contributed by atoms with van der Waals surface area (Å²) in [6, 6.07) is 5.08. The second-order valence-electron chi connectivity index (χ2n) is 4.36. The zero-order chi connectivity index (χ0) is 13.1. The van der Waals surface area contributed by atoms with E-state index < -0.39 is 6.04 Å². The molecule has 1 aliphatic rings. The van der Waals surface area contributed by atoms with Gasteiger partial charge in [-0.15, -0.1) is 12.4 Å². The lowest BCUT2D eigenvalue weighted by molar-refractivity contribution is -0.123. The number of nitrogens with two attached hydrogens (primary N) is 1. The number of rotatable bonds is 4. The van der Waals surface area contributed by atoms with Crippen molar-refractivity contribution in [2.45, 2.75) is 32.4 Å². The Balaban J connectivity index is 0.00000180. The number of nitrogens with one attached hydrogen (secondary N) is 1. The summed E-state index contributed by atoms with van der Waals surface area (Å²) in [6.07, 6.45) is 0.625. The van der Waals surface area contributed by atoms with Crippen LogP contribution in [0.15, 0.2) is 18.2 Å². The Hall–Kier alpha value is -1.46. The van der Waals surface area contributed by atoms with E-state index >= 15 is 0 Å². The molecule has 0 saturated carbocycles. The number of hydrogen-bond donors (Lipinski definition) is 2. The number of fused-ring (bicyclic) bond motifs is 1. The minimum Gasteiger partial charge on any atom is -0.454 e. The lowest BCUT2D eigenvalue weighted by Gasteiger charge is -2.17. The number of amides is 1. The van der Waals surface area contributed by atoms with Gasteiger partial charge in [0, 0.05) is 0 Å². The van der Waals surface area contributed by atoms with Crippen LogP contribution < -0.4 is 20.5 Å². The fraction of sp³-hybridized carbons (Fsp3) is 0.462. The van der Waals surface area contributed by atoms with E-state index in [4.69, 9.17) is 15.2 Å². The maximum absolute atomic E-state index is 11.7. The van der Waals surface area contributed by atoms with Crippen molar-refractivity contribution in [3.63, 3.8) is 0 Å². The minimum atomic E-state index is -0.457. The monoisotopic (exact) mass is 286 g/mol. The van der Waals surface area contributed by atoms with Gasteiger partial charge in [-0.05, 0) is 31.0 Å². The molecule has 1 amide bonds. The summed E-state index contributed by atoms with van der Waals surface area (Å²) in [5, 5.41) is 2.88. The molecule has 1 unspecified atom stereocenters. The van der Waals surface area contributed by atoms with Crippen molar-refractivity contribution in [3.05, 3.63) is 23.8 Å². The van der Waals surface area contributed by atoms with E-state index in [1.54, 1.807) is 0 Å². The van der Waals surface area contributed by atoms with Crippen LogP contribution in [-0.2, 0) is 4.79 Å². The zero-order valence-corrected chi connectivity index (χ0v) is 11.8. The van der Waals surface area contributed by atoms with Crippen LogP contribution in [0.1, 0.15) is 31.9 Å². The van der Waals surface area contributed by atoms with Gasteiger partial charge in [0.1, 0.15) is 0 Å². The van der Waals surface area contributed by atoms with Gasteiger partial charge < -0.3 is 20.5 Å². The highest BCUT2D eigenvalue weighted by Crippen LogP contribution is 2.34. The topological polar surface area (TPSA) is 73.6 Å². The van der Waals surface area contributed by atoms with Crippen molar-refractivity contribution < 1.29 is 14.3 Å². The van der Waals surface area contributed by atoms with Gasteiger partial charge in [-0.3, -0.25) is 4.79 Å². The van der Waals surface area contributed by atoms with Gasteiger partial charge in [-0.25, -0.2) is 0 Å². The van der Waals surface area contributed by atoms with Crippen molar-refractivity contribution in [1.82, 2.24) is 5.32 Å². The van der Waals surface area contributed by atoms with Crippen LogP contribution in [0.3, 0.4) is 0 Å². The normalized spacial score (nSPS) is 15.3. The Labute approximate surface area is 118 Å². The summed E-state index contributed by atoms with van der Waals surface area (Å²) in [5.41, 5.74) is 6.64. The standard InChI is InChI=1S/C13H18N2O3.ClH/c1-3-10(14)13(16)15-8(2)9-4-5-11-12(6-9)18-7-17-11;/h4-6,8,10H,3,7,14H2,1-2H3,(H,15,16);1H/t8?,10-;/m0./s1. The third-order valence-corrected chi connectivity index (χ3v) is 3.03. The highest BCUT2D eigenvalue weighted by atomic mass is 35.5. The molecule has 0 aliphatic carbocycles. The van der Waals surface area contributed by atoms with Gasteiger partial charge in [0.2, 0.25) is 12.7 Å². The molecule has 1 aromatic rings. The second kappa shape index (κ2) is 6.63. The van der Waals surface area contributed by atoms with E-state index in [1.807, 2.05) is 32.0 Å². The van der Waals surface area contributed by atoms with Crippen LogP contribution in [0.5, 0.6) is 11.5 Å². The highest BCUT2D eigenvalue weighted by Gasteiger charge is 2.18. The predicted octanol–water partition coefficient (Wildman–Crippen LogP) is 1.75. The SMILES string of the molecule is CC[C@H](N)C(=O)NC(C)c1ccc2c(c1)OCO2.Cl. The Morgan fingerprint density at radius 1 is 1.42 bits per heavy atom. The van der Waals surface area contributed by atoms with Gasteiger partial charge >= 0.3 is 0 Å². The first kappa shape index (κ1) is 15.6. The number of carbonyl (C=O) groups is 1. The van der Waals surface area contributed by atoms with Crippen LogP contribution in [0.4, 0.5) is 0 Å². The lowest BCUT2D eigenvalue weighted by atomic mass is 10.1. The minimum absolute atomic E-state index is 0. The molecule has 1 heterocycles. The van der Waals surface area contributed by atoms with Crippen molar-refractivity contribution in [2.75, 3.05) is 6.79 Å². The molecule has 106 valence electrons. The molecule has 3 N–H and O–H groups in total. The van der Waals surface area contributed by atoms with Crippen molar-refractivity contribution in [1.29, 1.82) is 0 Å². The molecule has 6 heteroatoms. The molecule has 0 bridgehead atoms. The number of halogens is 1. The van der Waals surface area contributed by atoms with E-state index in [0.29, 0.717) is 12.2 Å². The molecular formula is C13H19ClN2O3. The summed E-state index contributed by atoms with van der Waals surface area (Å²) >= 11 is 0. The molecule has 2 rings (SSSR count). The summed E-state index contributed by atoms with van der Waals surface area (Å²) in [6.45, 7) is 4.05. The van der Waals surface area contributed by atoms with Crippen LogP contribution in [0, 0.1) is 0 Å². The summed E-state index contributed by atoms with van der Waals surface area (Å²) in [4.78, 5) is 11.7. The lowest BCUT2D eigenvalue weighted by Crippen LogP contribution is -2.41. The second-order valence-corrected chi connectivity index (χ2v) is 4.36. The fourth-order valence-electron chi connectivity index (χ4n) is 1.77. The number of benzene rings is 1. The average Bonchev–Trinajstić information content (AvgIpc) is 2.84. The van der Waals surface area contributed by atoms with Crippen molar-refractivity contribution in [3.8, 4) is 11.5 Å². The molecular weight excluding hydrogens is 268 g/mol. The molecule has 0 spiro atoms. The van der Waals surface area contributed by atoms with Crippen LogP contribution in [0.2, 0.25) is 0 Å². The summed E-state index contributed by atoms with van der Waals surface area (Å²) < 4.78 is 10.5. The predicted molar refractivity (Wildman–Crippen MR) is 74.6 cm³/mol. The molecule has 0 aromatic heterocycles. The van der Waals surface area contributed by atoms with E-state index in [9.17, 15) is 4.79 Å². The van der Waals surface area contributed by atoms with Crippen molar-refractivity contribution >= 4 is 18.3 Å². The zero-order valence-electron chi connectivity index (χ0n) is 11.0. The Kier molecular flexibility index (Phi) is 5.44. The van der Waals surface area contributed by atoms with Gasteiger partial charge in [0.25, 0.3) is 0 Å². The first-order valence-corrected chi connectivity index (χ1v) is 6.07. The van der Waals surface area contributed by atoms with Gasteiger partial charge in [0.15, 0.2) is 11.5 Å². The number of carbonyl (C=O) groups excluding carboxylic acids is 1. The van der Waals surface area contributed by atoms with Gasteiger partial charge in [-0.1, -0.05) is 13.0 Å². The molecule has 0 radical (unpaired) electrons. The largest absolute Gasteiger partial charge is 0.454 e. The average molecular weight is 287 g/mol. The molecule has 1 aromatic carbocycles. The Morgan fingerprint density at radius 2 is 2.11 bits per heavy atom. The third-order valence-electron chi connectivity index (χ3n) is 3.03. The third kappa shape index (κ3) is 3.52. The smallest absolute Gasteiger partial charge is 0.237 e. The van der Waals surface area contributed by atoms with Crippen LogP contribution >= 0.6 is 12.4 Å². The first-order valence-electron chi connectivity index (χ1n) is 6.07. The van der Waals surface area contributed by atoms with E-state index in [1.165, 1.54) is 0 Å². The first-order chi connectivity index (χ1) is 8.61. The summed E-state index contributed by atoms with van der Waals surface area (Å²) in [7, 11) is 0. The van der Waals surface area contributed by atoms with Crippen molar-refractivity contribution in [2.24, 2.45) is 5.73 Å². The molecule has 19 heavy (non-hydrogen) atoms. The van der Waals surface area contributed by atoms with E-state index in [0.717, 1.165) is 11.3 Å². The van der Waals surface area contributed by atoms with Gasteiger partial charge in [0.05, 0.1) is 12.1 Å². The fourth-order valence-corrected chi connectivity index (χ4v) is 1.77. The number of hydrogen-bond acceptors (Lipinski definition) is 4. The maximum atomic E-state index is 11.7. The maximum Gasteiger partial charge on any atom is 0.237 e. The Bertz CT molecular complexity index is 454.